The van der Waals surface area contributed by atoms with Crippen molar-refractivity contribution in [3.05, 3.63) is 110 Å². The molecule has 2 heterocycles. The number of benzene rings is 3. The molecule has 3 aromatic carbocycles. The van der Waals surface area contributed by atoms with Crippen LogP contribution in [0.15, 0.2) is 83.6 Å². The van der Waals surface area contributed by atoms with E-state index >= 15 is 0 Å². The van der Waals surface area contributed by atoms with E-state index in [2.05, 4.69) is 10.4 Å². The number of hydrogen-bond donors (Lipinski definition) is 2. The Labute approximate surface area is 202 Å². The van der Waals surface area contributed by atoms with Gasteiger partial charge in [-0.05, 0) is 17.7 Å². The molecular weight excluding hydrogens is 470 g/mol. The first-order valence-corrected chi connectivity index (χ1v) is 10.5. The molecule has 0 saturated heterocycles. The standard InChI is InChI=1S/C24H15N5O7/c30-23-17-10-9-16(29(35)36)12-18(17)25-20-19(13-5-2-1-3-6-13)22(24(31)32)27(26-21(20)23)14-7-4-8-15(11-14)28(33)34/h1-12,20,25H,(H,31,32). The molecule has 0 bridgehead atoms. The van der Waals surface area contributed by atoms with E-state index in [1.807, 2.05) is 0 Å². The van der Waals surface area contributed by atoms with Gasteiger partial charge in [0.25, 0.3) is 11.4 Å². The van der Waals surface area contributed by atoms with Crippen LogP contribution >= 0.6 is 0 Å². The lowest BCUT2D eigenvalue weighted by Crippen LogP contribution is -2.47. The summed E-state index contributed by atoms with van der Waals surface area (Å²) in [7, 11) is 0. The molecule has 3 aromatic rings. The Morgan fingerprint density at radius 2 is 1.64 bits per heavy atom. The highest BCUT2D eigenvalue weighted by atomic mass is 16.6. The van der Waals surface area contributed by atoms with Crippen molar-refractivity contribution in [1.82, 2.24) is 0 Å². The Bertz CT molecular complexity index is 1530. The minimum absolute atomic E-state index is 0.0632. The number of nitro groups is 2. The molecule has 1 atom stereocenters. The van der Waals surface area contributed by atoms with Crippen molar-refractivity contribution in [3.8, 4) is 0 Å². The number of rotatable bonds is 5. The van der Waals surface area contributed by atoms with Crippen LogP contribution in [0.2, 0.25) is 0 Å². The average Bonchev–Trinajstić information content (AvgIpc) is 2.88. The third kappa shape index (κ3) is 3.62. The van der Waals surface area contributed by atoms with Crippen LogP contribution in [0.5, 0.6) is 0 Å². The Balaban J connectivity index is 1.77. The van der Waals surface area contributed by atoms with Crippen molar-refractivity contribution < 1.29 is 24.5 Å². The Morgan fingerprint density at radius 1 is 0.944 bits per heavy atom. The molecule has 2 N–H and O–H groups in total. The number of carbonyl (C=O) groups is 2. The predicted molar refractivity (Wildman–Crippen MR) is 129 cm³/mol. The number of nitro benzene ring substituents is 2. The zero-order chi connectivity index (χ0) is 25.6. The number of non-ortho nitro benzene ring substituents is 2. The Kier molecular flexibility index (Phi) is 5.25. The van der Waals surface area contributed by atoms with E-state index in [9.17, 15) is 34.9 Å². The maximum absolute atomic E-state index is 13.5. The molecule has 0 aliphatic carbocycles. The summed E-state index contributed by atoms with van der Waals surface area (Å²) in [6.07, 6.45) is 0. The molecular formula is C24H15N5O7. The van der Waals surface area contributed by atoms with Crippen molar-refractivity contribution in [2.75, 3.05) is 10.3 Å². The minimum Gasteiger partial charge on any atom is -0.476 e. The highest BCUT2D eigenvalue weighted by Gasteiger charge is 2.43. The summed E-state index contributed by atoms with van der Waals surface area (Å²) in [5, 5.41) is 41.2. The van der Waals surface area contributed by atoms with E-state index < -0.39 is 27.6 Å². The molecule has 0 amide bonds. The highest BCUT2D eigenvalue weighted by Crippen LogP contribution is 2.39. The maximum atomic E-state index is 13.5. The van der Waals surface area contributed by atoms with Crippen molar-refractivity contribution in [3.63, 3.8) is 0 Å². The summed E-state index contributed by atoms with van der Waals surface area (Å²) >= 11 is 0. The third-order valence-corrected chi connectivity index (χ3v) is 5.80. The van der Waals surface area contributed by atoms with Gasteiger partial charge in [0.1, 0.15) is 11.8 Å². The average molecular weight is 485 g/mol. The highest BCUT2D eigenvalue weighted by molar-refractivity contribution is 6.53. The van der Waals surface area contributed by atoms with Crippen LogP contribution in [-0.2, 0) is 4.79 Å². The van der Waals surface area contributed by atoms with Crippen LogP contribution in [0.3, 0.4) is 0 Å². The summed E-state index contributed by atoms with van der Waals surface area (Å²) in [6, 6.07) is 16.3. The molecule has 5 rings (SSSR count). The van der Waals surface area contributed by atoms with Crippen LogP contribution in [0.25, 0.3) is 5.57 Å². The first-order valence-electron chi connectivity index (χ1n) is 10.5. The lowest BCUT2D eigenvalue weighted by atomic mass is 9.84. The van der Waals surface area contributed by atoms with Gasteiger partial charge in [0.05, 0.1) is 21.2 Å². The topological polar surface area (TPSA) is 168 Å². The number of nitrogens with one attached hydrogen (secondary N) is 1. The quantitative estimate of drug-likeness (QED) is 0.403. The maximum Gasteiger partial charge on any atom is 0.354 e. The number of nitrogens with zero attached hydrogens (tertiary/aromatic N) is 4. The molecule has 2 aliphatic heterocycles. The van der Waals surface area contributed by atoms with E-state index in [-0.39, 0.29) is 45.3 Å². The van der Waals surface area contributed by atoms with Gasteiger partial charge in [0.2, 0.25) is 5.78 Å². The van der Waals surface area contributed by atoms with Crippen LogP contribution in [0, 0.1) is 20.2 Å². The van der Waals surface area contributed by atoms with Gasteiger partial charge in [-0.15, -0.1) is 0 Å². The second-order valence-corrected chi connectivity index (χ2v) is 7.90. The molecule has 2 aliphatic rings. The van der Waals surface area contributed by atoms with Crippen LogP contribution in [-0.4, -0.2) is 38.5 Å². The SMILES string of the molecule is O=C(O)C1=C(c2ccccc2)C2Nc3cc([N+](=O)[O-])ccc3C(=O)C2=NN1c1cccc([N+](=O)[O-])c1. The molecule has 0 aromatic heterocycles. The molecule has 0 saturated carbocycles. The fourth-order valence-corrected chi connectivity index (χ4v) is 4.23. The number of aliphatic carboxylic acids is 1. The molecule has 36 heavy (non-hydrogen) atoms. The van der Waals surface area contributed by atoms with Crippen LogP contribution in [0.4, 0.5) is 22.7 Å². The third-order valence-electron chi connectivity index (χ3n) is 5.80. The van der Waals surface area contributed by atoms with E-state index in [1.165, 1.54) is 36.4 Å². The van der Waals surface area contributed by atoms with Crippen molar-refractivity contribution in [2.45, 2.75) is 6.04 Å². The van der Waals surface area contributed by atoms with Gasteiger partial charge in [-0.25, -0.2) is 9.80 Å². The van der Waals surface area contributed by atoms with Gasteiger partial charge in [0, 0.05) is 35.4 Å². The van der Waals surface area contributed by atoms with Crippen molar-refractivity contribution in [1.29, 1.82) is 0 Å². The molecule has 0 spiro atoms. The number of carbonyl (C=O) groups excluding carboxylic acids is 1. The number of carboxylic acids is 1. The molecule has 12 nitrogen and oxygen atoms in total. The van der Waals surface area contributed by atoms with E-state index in [4.69, 9.17) is 0 Å². The van der Waals surface area contributed by atoms with E-state index in [0.29, 0.717) is 5.56 Å². The normalized spacial score (nSPS) is 16.4. The van der Waals surface area contributed by atoms with E-state index in [1.54, 1.807) is 30.3 Å². The number of fused-ring (bicyclic) bond motifs is 2. The van der Waals surface area contributed by atoms with Gasteiger partial charge in [-0.1, -0.05) is 36.4 Å². The lowest BCUT2D eigenvalue weighted by Gasteiger charge is -2.36. The molecule has 0 radical (unpaired) electrons. The fraction of sp³-hybridized carbons (Fsp3) is 0.0417. The number of anilines is 2. The number of ketones is 1. The number of carboxylic acid groups (broad SMARTS) is 1. The Morgan fingerprint density at radius 3 is 2.31 bits per heavy atom. The van der Waals surface area contributed by atoms with Crippen molar-refractivity contribution in [2.24, 2.45) is 5.10 Å². The summed E-state index contributed by atoms with van der Waals surface area (Å²) in [6.45, 7) is 0. The minimum atomic E-state index is -1.39. The molecule has 12 heteroatoms. The van der Waals surface area contributed by atoms with Crippen molar-refractivity contribution >= 4 is 45.8 Å². The largest absolute Gasteiger partial charge is 0.476 e. The van der Waals surface area contributed by atoms with E-state index in [0.717, 1.165) is 11.1 Å². The number of hydrazone groups is 1. The Hall–Kier alpha value is -5.39. The zero-order valence-electron chi connectivity index (χ0n) is 18.2. The van der Waals surface area contributed by atoms with Gasteiger partial charge >= 0.3 is 5.97 Å². The molecule has 1 unspecified atom stereocenters. The summed E-state index contributed by atoms with van der Waals surface area (Å²) in [5.41, 5.74) is 0.0706. The zero-order valence-corrected chi connectivity index (χ0v) is 18.2. The first-order chi connectivity index (χ1) is 17.3. The second kappa shape index (κ2) is 8.43. The van der Waals surface area contributed by atoms with Crippen LogP contribution in [0.1, 0.15) is 15.9 Å². The van der Waals surface area contributed by atoms with Crippen LogP contribution < -0.4 is 10.3 Å². The molecule has 0 fully saturated rings. The summed E-state index contributed by atoms with van der Waals surface area (Å²) in [4.78, 5) is 47.5. The monoisotopic (exact) mass is 485 g/mol. The number of hydrogen-bond acceptors (Lipinski definition) is 9. The lowest BCUT2D eigenvalue weighted by molar-refractivity contribution is -0.385. The fourth-order valence-electron chi connectivity index (χ4n) is 4.23. The smallest absolute Gasteiger partial charge is 0.354 e. The first kappa shape index (κ1) is 22.4. The predicted octanol–water partition coefficient (Wildman–Crippen LogP) is 3.85. The summed E-state index contributed by atoms with van der Waals surface area (Å²) < 4.78 is 0. The van der Waals surface area contributed by atoms with Gasteiger partial charge < -0.3 is 10.4 Å². The second-order valence-electron chi connectivity index (χ2n) is 7.90. The molecule has 178 valence electrons. The van der Waals surface area contributed by atoms with Gasteiger partial charge in [0.15, 0.2) is 5.70 Å². The number of Topliss-reactive ketones (excluding diaryl/α,β-unsaturated/α-hetero) is 1. The van der Waals surface area contributed by atoms with Gasteiger partial charge in [-0.2, -0.15) is 5.10 Å². The van der Waals surface area contributed by atoms with Gasteiger partial charge in [-0.3, -0.25) is 25.0 Å². The summed E-state index contributed by atoms with van der Waals surface area (Å²) in [5.74, 6) is -1.95.